The lowest BCUT2D eigenvalue weighted by atomic mass is 10.1. The highest BCUT2D eigenvalue weighted by molar-refractivity contribution is 5.24. The molecule has 0 bridgehead atoms. The molecule has 0 aliphatic rings. The van der Waals surface area contributed by atoms with Crippen molar-refractivity contribution in [1.29, 1.82) is 0 Å². The minimum absolute atomic E-state index is 0.0107. The van der Waals surface area contributed by atoms with Gasteiger partial charge < -0.3 is 0 Å². The lowest BCUT2D eigenvalue weighted by molar-refractivity contribution is 0.409. The third-order valence-corrected chi connectivity index (χ3v) is 3.76. The summed E-state index contributed by atoms with van der Waals surface area (Å²) < 4.78 is 0. The van der Waals surface area contributed by atoms with Crippen molar-refractivity contribution < 1.29 is 0 Å². The van der Waals surface area contributed by atoms with Crippen LogP contribution in [-0.2, 0) is 12.8 Å². The van der Waals surface area contributed by atoms with Crippen LogP contribution in [0.1, 0.15) is 24.0 Å². The van der Waals surface area contributed by atoms with Gasteiger partial charge in [-0.1, -0.05) is 72.5 Å². The first-order chi connectivity index (χ1) is 11.8. The summed E-state index contributed by atoms with van der Waals surface area (Å²) in [6.07, 6.45) is 3.74. The molecule has 0 spiro atoms. The molecule has 0 heterocycles. The largest absolute Gasteiger partial charge is 0.286 e. The molecule has 24 heavy (non-hydrogen) atoms. The molecular formula is C23H25N. The summed E-state index contributed by atoms with van der Waals surface area (Å²) in [4.78, 5) is 2.07. The highest BCUT2D eigenvalue weighted by Crippen LogP contribution is 2.03. The van der Waals surface area contributed by atoms with Crippen molar-refractivity contribution in [2.75, 3.05) is 14.1 Å². The second-order valence-electron chi connectivity index (χ2n) is 5.98. The SMILES string of the molecule is CN(C)C(C#CCCc1ccccc1)C#CCCc1ccccc1. The fourth-order valence-corrected chi connectivity index (χ4v) is 2.33. The van der Waals surface area contributed by atoms with E-state index in [4.69, 9.17) is 0 Å². The van der Waals surface area contributed by atoms with Gasteiger partial charge in [0.2, 0.25) is 0 Å². The van der Waals surface area contributed by atoms with Crippen LogP contribution in [0.25, 0.3) is 0 Å². The third kappa shape index (κ3) is 6.74. The fourth-order valence-electron chi connectivity index (χ4n) is 2.33. The van der Waals surface area contributed by atoms with E-state index in [0.717, 1.165) is 25.7 Å². The maximum absolute atomic E-state index is 3.29. The molecular weight excluding hydrogens is 290 g/mol. The predicted molar refractivity (Wildman–Crippen MR) is 103 cm³/mol. The quantitative estimate of drug-likeness (QED) is 0.748. The van der Waals surface area contributed by atoms with E-state index in [2.05, 4.69) is 77.1 Å². The molecule has 1 nitrogen and oxygen atoms in total. The van der Waals surface area contributed by atoms with Crippen molar-refractivity contribution in [2.45, 2.75) is 31.7 Å². The molecule has 0 unspecified atom stereocenters. The summed E-state index contributed by atoms with van der Waals surface area (Å²) in [5, 5.41) is 0. The van der Waals surface area contributed by atoms with Crippen LogP contribution in [0.2, 0.25) is 0 Å². The van der Waals surface area contributed by atoms with Gasteiger partial charge in [-0.15, -0.1) is 11.8 Å². The Kier molecular flexibility index (Phi) is 7.69. The molecule has 2 rings (SSSR count). The molecule has 122 valence electrons. The number of rotatable bonds is 5. The fraction of sp³-hybridized carbons (Fsp3) is 0.304. The van der Waals surface area contributed by atoms with Crippen LogP contribution in [0, 0.1) is 23.7 Å². The maximum Gasteiger partial charge on any atom is 0.133 e. The Hall–Kier alpha value is -2.48. The molecule has 0 N–H and O–H groups in total. The zero-order valence-corrected chi connectivity index (χ0v) is 14.6. The lowest BCUT2D eigenvalue weighted by Crippen LogP contribution is -2.24. The van der Waals surface area contributed by atoms with Gasteiger partial charge in [0.05, 0.1) is 0 Å². The van der Waals surface area contributed by atoms with Crippen LogP contribution in [0.4, 0.5) is 0 Å². The first-order valence-electron chi connectivity index (χ1n) is 8.47. The first-order valence-corrected chi connectivity index (χ1v) is 8.47. The summed E-state index contributed by atoms with van der Waals surface area (Å²) >= 11 is 0. The van der Waals surface area contributed by atoms with Crippen molar-refractivity contribution >= 4 is 0 Å². The molecule has 0 aromatic heterocycles. The Bertz CT molecular complexity index is 647. The van der Waals surface area contributed by atoms with E-state index in [1.807, 2.05) is 26.2 Å². The molecule has 0 amide bonds. The summed E-state index contributed by atoms with van der Waals surface area (Å²) in [6, 6.07) is 21.0. The Morgan fingerprint density at radius 2 is 1.12 bits per heavy atom. The second kappa shape index (κ2) is 10.3. The summed E-state index contributed by atoms with van der Waals surface area (Å²) in [5.74, 6) is 13.1. The van der Waals surface area contributed by atoms with Gasteiger partial charge in [-0.25, -0.2) is 0 Å². The topological polar surface area (TPSA) is 3.24 Å². The lowest BCUT2D eigenvalue weighted by Gasteiger charge is -2.12. The Balaban J connectivity index is 1.82. The monoisotopic (exact) mass is 315 g/mol. The number of nitrogens with zero attached hydrogens (tertiary/aromatic N) is 1. The van der Waals surface area contributed by atoms with Gasteiger partial charge in [-0.3, -0.25) is 4.90 Å². The Labute approximate surface area is 146 Å². The summed E-state index contributed by atoms with van der Waals surface area (Å²) in [7, 11) is 4.06. The van der Waals surface area contributed by atoms with Crippen LogP contribution < -0.4 is 0 Å². The van der Waals surface area contributed by atoms with Gasteiger partial charge >= 0.3 is 0 Å². The second-order valence-corrected chi connectivity index (χ2v) is 5.98. The van der Waals surface area contributed by atoms with Gasteiger partial charge in [0, 0.05) is 12.8 Å². The van der Waals surface area contributed by atoms with E-state index < -0.39 is 0 Å². The van der Waals surface area contributed by atoms with Crippen molar-refractivity contribution in [2.24, 2.45) is 0 Å². The molecule has 0 saturated heterocycles. The zero-order chi connectivity index (χ0) is 17.0. The number of aryl methyl sites for hydroxylation is 2. The van der Waals surface area contributed by atoms with E-state index in [-0.39, 0.29) is 6.04 Å². The highest BCUT2D eigenvalue weighted by atomic mass is 15.1. The first kappa shape index (κ1) is 17.9. The van der Waals surface area contributed by atoms with Gasteiger partial charge in [-0.05, 0) is 38.1 Å². The highest BCUT2D eigenvalue weighted by Gasteiger charge is 2.02. The third-order valence-electron chi connectivity index (χ3n) is 3.76. The van der Waals surface area contributed by atoms with Crippen molar-refractivity contribution in [3.63, 3.8) is 0 Å². The molecule has 0 aliphatic carbocycles. The van der Waals surface area contributed by atoms with Gasteiger partial charge in [0.15, 0.2) is 0 Å². The van der Waals surface area contributed by atoms with Gasteiger partial charge in [-0.2, -0.15) is 0 Å². The van der Waals surface area contributed by atoms with Crippen molar-refractivity contribution in [1.82, 2.24) is 4.90 Å². The molecule has 2 aromatic rings. The molecule has 0 fully saturated rings. The molecule has 0 aliphatic heterocycles. The predicted octanol–water partition coefficient (Wildman–Crippen LogP) is 4.19. The minimum Gasteiger partial charge on any atom is -0.286 e. The standard InChI is InChI=1S/C23H25N/c1-24(2)23(19-11-9-17-21-13-5-3-6-14-21)20-12-10-18-22-15-7-4-8-16-22/h3-8,13-16,23H,9-10,17-18H2,1-2H3. The van der Waals surface area contributed by atoms with E-state index >= 15 is 0 Å². The van der Waals surface area contributed by atoms with Crippen molar-refractivity contribution in [3.05, 3.63) is 71.8 Å². The number of hydrogen-bond donors (Lipinski definition) is 0. The normalized spacial score (nSPS) is 10.0. The smallest absolute Gasteiger partial charge is 0.133 e. The van der Waals surface area contributed by atoms with Gasteiger partial charge in [0.1, 0.15) is 6.04 Å². The molecule has 0 saturated carbocycles. The van der Waals surface area contributed by atoms with E-state index in [1.165, 1.54) is 11.1 Å². The number of hydrogen-bond acceptors (Lipinski definition) is 1. The van der Waals surface area contributed by atoms with Crippen LogP contribution in [-0.4, -0.2) is 25.0 Å². The van der Waals surface area contributed by atoms with E-state index in [1.54, 1.807) is 0 Å². The van der Waals surface area contributed by atoms with Crippen LogP contribution in [0.15, 0.2) is 60.7 Å². The maximum atomic E-state index is 3.29. The average Bonchev–Trinajstić information content (AvgIpc) is 2.62. The molecule has 2 aromatic carbocycles. The zero-order valence-electron chi connectivity index (χ0n) is 14.6. The average molecular weight is 315 g/mol. The Morgan fingerprint density at radius 3 is 1.50 bits per heavy atom. The number of benzene rings is 2. The van der Waals surface area contributed by atoms with Crippen LogP contribution in [0.5, 0.6) is 0 Å². The minimum atomic E-state index is 0.0107. The van der Waals surface area contributed by atoms with E-state index in [0.29, 0.717) is 0 Å². The summed E-state index contributed by atoms with van der Waals surface area (Å²) in [6.45, 7) is 0. The molecule has 0 atom stereocenters. The van der Waals surface area contributed by atoms with Gasteiger partial charge in [0.25, 0.3) is 0 Å². The Morgan fingerprint density at radius 1 is 0.708 bits per heavy atom. The summed E-state index contributed by atoms with van der Waals surface area (Å²) in [5.41, 5.74) is 2.67. The van der Waals surface area contributed by atoms with Crippen LogP contribution in [0.3, 0.4) is 0 Å². The molecule has 0 radical (unpaired) electrons. The van der Waals surface area contributed by atoms with E-state index in [9.17, 15) is 0 Å². The molecule has 1 heteroatoms. The van der Waals surface area contributed by atoms with Crippen molar-refractivity contribution in [3.8, 4) is 23.7 Å². The van der Waals surface area contributed by atoms with Crippen LogP contribution >= 0.6 is 0 Å².